The molecule has 0 aliphatic rings. The summed E-state index contributed by atoms with van der Waals surface area (Å²) in [6.07, 6.45) is 81.2. The summed E-state index contributed by atoms with van der Waals surface area (Å²) in [5, 5.41) is 0. The van der Waals surface area contributed by atoms with Crippen LogP contribution < -0.4 is 0 Å². The fraction of sp³-hybridized carbons (Fsp3) is 0.716. The summed E-state index contributed by atoms with van der Waals surface area (Å²) < 4.78 is 16.9. The van der Waals surface area contributed by atoms with Gasteiger partial charge in [-0.1, -0.05) is 272 Å². The van der Waals surface area contributed by atoms with Gasteiger partial charge in [-0.15, -0.1) is 0 Å². The highest BCUT2D eigenvalue weighted by Crippen LogP contribution is 2.16. The third-order valence-electron chi connectivity index (χ3n) is 13.1. The van der Waals surface area contributed by atoms with Crippen LogP contribution >= 0.6 is 0 Å². The van der Waals surface area contributed by atoms with Crippen LogP contribution in [0.15, 0.2) is 97.2 Å². The zero-order valence-corrected chi connectivity index (χ0v) is 47.9. The average Bonchev–Trinajstić information content (AvgIpc) is 3.39. The Morgan fingerprint density at radius 2 is 0.548 bits per heavy atom. The first-order valence-electron chi connectivity index (χ1n) is 30.7. The Hall–Kier alpha value is -3.67. The van der Waals surface area contributed by atoms with Crippen molar-refractivity contribution in [2.45, 2.75) is 297 Å². The molecule has 1 unspecified atom stereocenters. The molecule has 0 radical (unpaired) electrons. The Bertz CT molecular complexity index is 1440. The Labute approximate surface area is 451 Å². The van der Waals surface area contributed by atoms with Gasteiger partial charge in [0.2, 0.25) is 0 Å². The van der Waals surface area contributed by atoms with E-state index >= 15 is 0 Å². The van der Waals surface area contributed by atoms with Gasteiger partial charge in [0.25, 0.3) is 0 Å². The highest BCUT2D eigenvalue weighted by atomic mass is 16.6. The lowest BCUT2D eigenvalue weighted by atomic mass is 10.0. The van der Waals surface area contributed by atoms with Crippen molar-refractivity contribution in [1.82, 2.24) is 0 Å². The number of hydrogen-bond donors (Lipinski definition) is 0. The lowest BCUT2D eigenvalue weighted by molar-refractivity contribution is -0.167. The van der Waals surface area contributed by atoms with Gasteiger partial charge < -0.3 is 14.2 Å². The standard InChI is InChI=1S/C67H114O6/c1-4-7-10-13-16-19-22-25-28-31-32-33-34-37-39-42-45-48-51-54-57-60-66(69)72-63-64(73-67(70)61-58-55-52-49-46-43-40-36-30-27-24-21-18-15-12-9-6-3)62-71-65(68)59-56-53-50-47-44-41-38-35-29-26-23-20-17-14-11-8-5-2/h9,12,18,21-22,25,27,30-32,34,37,40,43,49,52,64H,4-8,10-11,13-17,19-20,23-24,26,28-29,33,35-36,38-39,41-42,44-48,50-51,53-63H2,1-3H3/b12-9-,21-18-,25-22-,30-27-,32-31-,37-34-,43-40-,52-49-. The van der Waals surface area contributed by atoms with Crippen LogP contribution in [0.4, 0.5) is 0 Å². The first-order chi connectivity index (χ1) is 36.0. The monoisotopic (exact) mass is 1010 g/mol. The van der Waals surface area contributed by atoms with E-state index in [1.54, 1.807) is 0 Å². The quantitative estimate of drug-likeness (QED) is 0.0261. The zero-order chi connectivity index (χ0) is 52.9. The van der Waals surface area contributed by atoms with Crippen molar-refractivity contribution in [2.75, 3.05) is 13.2 Å². The maximum Gasteiger partial charge on any atom is 0.306 e. The van der Waals surface area contributed by atoms with Gasteiger partial charge in [0.15, 0.2) is 6.10 Å². The number of allylic oxidation sites excluding steroid dienone is 16. The van der Waals surface area contributed by atoms with Gasteiger partial charge in [-0.3, -0.25) is 14.4 Å². The fourth-order valence-electron chi connectivity index (χ4n) is 8.49. The maximum absolute atomic E-state index is 12.9. The third kappa shape index (κ3) is 59.1. The van der Waals surface area contributed by atoms with E-state index in [1.807, 2.05) is 0 Å². The van der Waals surface area contributed by atoms with E-state index in [-0.39, 0.29) is 37.5 Å². The molecule has 0 aliphatic carbocycles. The predicted molar refractivity (Wildman–Crippen MR) is 316 cm³/mol. The van der Waals surface area contributed by atoms with E-state index < -0.39 is 6.10 Å². The molecule has 0 aromatic rings. The summed E-state index contributed by atoms with van der Waals surface area (Å²) in [7, 11) is 0. The van der Waals surface area contributed by atoms with Crippen LogP contribution in [-0.2, 0) is 28.6 Å². The van der Waals surface area contributed by atoms with Crippen molar-refractivity contribution >= 4 is 17.9 Å². The van der Waals surface area contributed by atoms with Gasteiger partial charge in [0, 0.05) is 19.3 Å². The Kier molecular flexibility index (Phi) is 57.8. The van der Waals surface area contributed by atoms with Gasteiger partial charge in [0.05, 0.1) is 0 Å². The smallest absolute Gasteiger partial charge is 0.306 e. The predicted octanol–water partition coefficient (Wildman–Crippen LogP) is 20.9. The van der Waals surface area contributed by atoms with Crippen LogP contribution in [0.3, 0.4) is 0 Å². The molecule has 418 valence electrons. The molecule has 6 heteroatoms. The van der Waals surface area contributed by atoms with Crippen LogP contribution in [0.5, 0.6) is 0 Å². The molecule has 6 nitrogen and oxygen atoms in total. The van der Waals surface area contributed by atoms with Gasteiger partial charge in [-0.25, -0.2) is 0 Å². The van der Waals surface area contributed by atoms with Crippen molar-refractivity contribution in [3.63, 3.8) is 0 Å². The summed E-state index contributed by atoms with van der Waals surface area (Å²) >= 11 is 0. The summed E-state index contributed by atoms with van der Waals surface area (Å²) in [6, 6.07) is 0. The second kappa shape index (κ2) is 60.9. The summed E-state index contributed by atoms with van der Waals surface area (Å²) in [4.78, 5) is 38.2. The third-order valence-corrected chi connectivity index (χ3v) is 13.1. The van der Waals surface area contributed by atoms with Crippen molar-refractivity contribution in [3.05, 3.63) is 97.2 Å². The minimum Gasteiger partial charge on any atom is -0.462 e. The molecular formula is C67H114O6. The average molecular weight is 1020 g/mol. The maximum atomic E-state index is 12.9. The van der Waals surface area contributed by atoms with Crippen molar-refractivity contribution in [3.8, 4) is 0 Å². The molecule has 0 rings (SSSR count). The molecule has 0 bridgehead atoms. The molecule has 0 heterocycles. The van der Waals surface area contributed by atoms with E-state index in [2.05, 4.69) is 118 Å². The molecule has 0 saturated carbocycles. The topological polar surface area (TPSA) is 78.9 Å². The molecule has 0 amide bonds. The van der Waals surface area contributed by atoms with E-state index in [0.29, 0.717) is 19.3 Å². The second-order valence-electron chi connectivity index (χ2n) is 20.2. The van der Waals surface area contributed by atoms with Crippen LogP contribution in [-0.4, -0.2) is 37.2 Å². The molecule has 0 aliphatic heterocycles. The van der Waals surface area contributed by atoms with Crippen LogP contribution in [0.1, 0.15) is 290 Å². The lowest BCUT2D eigenvalue weighted by Crippen LogP contribution is -2.30. The second-order valence-corrected chi connectivity index (χ2v) is 20.2. The molecule has 0 saturated heterocycles. The molecule has 0 aromatic carbocycles. The molecule has 0 spiro atoms. The van der Waals surface area contributed by atoms with E-state index in [9.17, 15) is 14.4 Å². The van der Waals surface area contributed by atoms with Crippen molar-refractivity contribution in [1.29, 1.82) is 0 Å². The van der Waals surface area contributed by atoms with Gasteiger partial charge in [-0.05, 0) is 96.3 Å². The number of unbranched alkanes of at least 4 members (excludes halogenated alkanes) is 28. The summed E-state index contributed by atoms with van der Waals surface area (Å²) in [6.45, 7) is 6.48. The number of rotatable bonds is 55. The minimum absolute atomic E-state index is 0.103. The van der Waals surface area contributed by atoms with Gasteiger partial charge in [0.1, 0.15) is 13.2 Å². The Balaban J connectivity index is 4.47. The molecule has 0 N–H and O–H groups in total. The number of ether oxygens (including phenoxy) is 3. The SMILES string of the molecule is CC/C=C\C/C=C\C/C=C\C/C=C\C/C=C\CCCC(=O)OC(COC(=O)CCCCCCCC/C=C\C/C=C\C/C=C\CCCCCCC)COC(=O)CCCCCCCCCCCCCCCCCCC. The highest BCUT2D eigenvalue weighted by Gasteiger charge is 2.19. The number of carbonyl (C=O) groups excluding carboxylic acids is 3. The molecule has 0 fully saturated rings. The van der Waals surface area contributed by atoms with E-state index in [0.717, 1.165) is 103 Å². The Morgan fingerprint density at radius 3 is 0.877 bits per heavy atom. The zero-order valence-electron chi connectivity index (χ0n) is 47.9. The number of esters is 3. The van der Waals surface area contributed by atoms with Crippen LogP contribution in [0, 0.1) is 0 Å². The van der Waals surface area contributed by atoms with E-state index in [1.165, 1.54) is 141 Å². The summed E-state index contributed by atoms with van der Waals surface area (Å²) in [5.41, 5.74) is 0. The molecule has 73 heavy (non-hydrogen) atoms. The first kappa shape index (κ1) is 69.3. The number of carbonyl (C=O) groups is 3. The summed E-state index contributed by atoms with van der Waals surface area (Å²) in [5.74, 6) is -0.966. The minimum atomic E-state index is -0.813. The van der Waals surface area contributed by atoms with Crippen molar-refractivity contribution < 1.29 is 28.6 Å². The fourth-order valence-corrected chi connectivity index (χ4v) is 8.49. The van der Waals surface area contributed by atoms with Crippen molar-refractivity contribution in [2.24, 2.45) is 0 Å². The van der Waals surface area contributed by atoms with Crippen LogP contribution in [0.25, 0.3) is 0 Å². The van der Waals surface area contributed by atoms with Gasteiger partial charge in [-0.2, -0.15) is 0 Å². The number of hydrogen-bond acceptors (Lipinski definition) is 6. The highest BCUT2D eigenvalue weighted by molar-refractivity contribution is 5.71. The van der Waals surface area contributed by atoms with E-state index in [4.69, 9.17) is 14.2 Å². The van der Waals surface area contributed by atoms with Crippen LogP contribution in [0.2, 0.25) is 0 Å². The normalized spacial score (nSPS) is 12.8. The molecule has 1 atom stereocenters. The molecule has 0 aromatic heterocycles. The van der Waals surface area contributed by atoms with Gasteiger partial charge >= 0.3 is 17.9 Å². The molecular weight excluding hydrogens is 901 g/mol. The lowest BCUT2D eigenvalue weighted by Gasteiger charge is -2.18. The Morgan fingerprint density at radius 1 is 0.288 bits per heavy atom. The largest absolute Gasteiger partial charge is 0.462 e. The first-order valence-corrected chi connectivity index (χ1v) is 30.7.